The maximum absolute atomic E-state index is 6.31. The van der Waals surface area contributed by atoms with Gasteiger partial charge in [0, 0.05) is 11.3 Å². The zero-order chi connectivity index (χ0) is 12.0. The van der Waals surface area contributed by atoms with E-state index in [0.717, 1.165) is 34.8 Å². The number of halogens is 1. The summed E-state index contributed by atoms with van der Waals surface area (Å²) in [6.45, 7) is 4.38. The Morgan fingerprint density at radius 3 is 3.00 bits per heavy atom. The first-order chi connectivity index (χ1) is 8.19. The molecule has 0 saturated carbocycles. The summed E-state index contributed by atoms with van der Waals surface area (Å²) in [6, 6.07) is 0. The molecule has 0 radical (unpaired) electrons. The number of aromatic nitrogens is 2. The summed E-state index contributed by atoms with van der Waals surface area (Å²) in [5.74, 6) is 1.64. The Hall–Kier alpha value is -0.670. The number of fused-ring (bicyclic) bond motifs is 3. The van der Waals surface area contributed by atoms with Crippen LogP contribution >= 0.6 is 22.9 Å². The third-order valence-electron chi connectivity index (χ3n) is 3.47. The van der Waals surface area contributed by atoms with E-state index in [9.17, 15) is 0 Å². The number of rotatable bonds is 1. The summed E-state index contributed by atoms with van der Waals surface area (Å²) in [6.07, 6.45) is 4.40. The average Bonchev–Trinajstić information content (AvgIpc) is 2.66. The predicted molar refractivity (Wildman–Crippen MR) is 73.0 cm³/mol. The second-order valence-corrected chi connectivity index (χ2v) is 6.26. The Morgan fingerprint density at radius 1 is 1.41 bits per heavy atom. The first kappa shape index (κ1) is 11.4. The van der Waals surface area contributed by atoms with E-state index in [1.807, 2.05) is 11.3 Å². The van der Waals surface area contributed by atoms with Gasteiger partial charge in [-0.3, -0.25) is 0 Å². The molecule has 1 aliphatic rings. The van der Waals surface area contributed by atoms with Gasteiger partial charge in [-0.1, -0.05) is 25.4 Å². The van der Waals surface area contributed by atoms with Gasteiger partial charge in [0.25, 0.3) is 0 Å². The van der Waals surface area contributed by atoms with Gasteiger partial charge in [0.05, 0.1) is 5.39 Å². The molecule has 2 nitrogen and oxygen atoms in total. The number of hydrogen-bond acceptors (Lipinski definition) is 3. The Bertz CT molecular complexity index is 576. The molecule has 3 rings (SSSR count). The van der Waals surface area contributed by atoms with E-state index in [-0.39, 0.29) is 0 Å². The lowest BCUT2D eigenvalue weighted by Crippen LogP contribution is -2.08. The van der Waals surface area contributed by atoms with Crippen LogP contribution in [0.1, 0.15) is 36.5 Å². The van der Waals surface area contributed by atoms with Gasteiger partial charge in [-0.15, -0.1) is 11.3 Å². The summed E-state index contributed by atoms with van der Waals surface area (Å²) in [4.78, 5) is 11.5. The van der Waals surface area contributed by atoms with E-state index < -0.39 is 0 Å². The number of nitrogens with zero attached hydrogens (tertiary/aromatic N) is 2. The Labute approximate surface area is 110 Å². The van der Waals surface area contributed by atoms with Crippen LogP contribution in [-0.4, -0.2) is 9.97 Å². The summed E-state index contributed by atoms with van der Waals surface area (Å²) in [5.41, 5.74) is 1.41. The van der Waals surface area contributed by atoms with Gasteiger partial charge in [0.1, 0.15) is 15.8 Å². The van der Waals surface area contributed by atoms with Gasteiger partial charge >= 0.3 is 0 Å². The highest BCUT2D eigenvalue weighted by Gasteiger charge is 2.23. The Balaban J connectivity index is 2.24. The fourth-order valence-electron chi connectivity index (χ4n) is 2.50. The Morgan fingerprint density at radius 2 is 2.24 bits per heavy atom. The van der Waals surface area contributed by atoms with Gasteiger partial charge in [-0.25, -0.2) is 9.97 Å². The van der Waals surface area contributed by atoms with Crippen LogP contribution in [0.15, 0.2) is 0 Å². The molecule has 1 atom stereocenters. The number of hydrogen-bond donors (Lipinski definition) is 0. The van der Waals surface area contributed by atoms with Crippen LogP contribution in [0, 0.1) is 5.92 Å². The molecule has 2 heterocycles. The van der Waals surface area contributed by atoms with Crippen molar-refractivity contribution in [3.8, 4) is 0 Å². The van der Waals surface area contributed by atoms with E-state index >= 15 is 0 Å². The molecule has 0 spiro atoms. The zero-order valence-corrected chi connectivity index (χ0v) is 11.7. The average molecular weight is 267 g/mol. The van der Waals surface area contributed by atoms with Crippen molar-refractivity contribution in [3.63, 3.8) is 0 Å². The predicted octanol–water partition coefficient (Wildman–Crippen LogP) is 4.03. The van der Waals surface area contributed by atoms with Gasteiger partial charge in [-0.2, -0.15) is 0 Å². The molecule has 0 fully saturated rings. The first-order valence-electron chi connectivity index (χ1n) is 6.15. The minimum atomic E-state index is 0.652. The molecule has 0 bridgehead atoms. The van der Waals surface area contributed by atoms with Crippen LogP contribution in [-0.2, 0) is 19.3 Å². The lowest BCUT2D eigenvalue weighted by molar-refractivity contribution is 0.509. The van der Waals surface area contributed by atoms with E-state index in [1.165, 1.54) is 23.3 Å². The Kier molecular flexibility index (Phi) is 2.83. The van der Waals surface area contributed by atoms with Crippen molar-refractivity contribution < 1.29 is 0 Å². The molecule has 0 N–H and O–H groups in total. The number of thiophene rings is 1. The molecule has 4 heteroatoms. The molecule has 17 heavy (non-hydrogen) atoms. The molecular formula is C13H15ClN2S. The molecule has 2 aromatic rings. The molecule has 0 unspecified atom stereocenters. The lowest BCUT2D eigenvalue weighted by atomic mass is 9.89. The maximum Gasteiger partial charge on any atom is 0.141 e. The highest BCUT2D eigenvalue weighted by molar-refractivity contribution is 7.19. The van der Waals surface area contributed by atoms with Crippen LogP contribution in [0.3, 0.4) is 0 Å². The fraction of sp³-hybridized carbons (Fsp3) is 0.538. The van der Waals surface area contributed by atoms with E-state index in [2.05, 4.69) is 23.8 Å². The summed E-state index contributed by atoms with van der Waals surface area (Å²) in [7, 11) is 0. The molecule has 2 aromatic heterocycles. The van der Waals surface area contributed by atoms with Crippen molar-refractivity contribution in [2.75, 3.05) is 0 Å². The second kappa shape index (κ2) is 4.21. The summed E-state index contributed by atoms with van der Waals surface area (Å²) in [5, 5.41) is 1.77. The van der Waals surface area contributed by atoms with Crippen molar-refractivity contribution in [1.29, 1.82) is 0 Å². The largest absolute Gasteiger partial charge is 0.222 e. The van der Waals surface area contributed by atoms with Crippen molar-refractivity contribution >= 4 is 33.2 Å². The van der Waals surface area contributed by atoms with Crippen molar-refractivity contribution in [1.82, 2.24) is 9.97 Å². The topological polar surface area (TPSA) is 25.8 Å². The molecular weight excluding hydrogens is 252 g/mol. The second-order valence-electron chi connectivity index (χ2n) is 4.82. The fourth-order valence-corrected chi connectivity index (χ4v) is 4.26. The zero-order valence-electron chi connectivity index (χ0n) is 10.1. The van der Waals surface area contributed by atoms with Crippen molar-refractivity contribution in [2.45, 2.75) is 39.5 Å². The molecule has 90 valence electrons. The first-order valence-corrected chi connectivity index (χ1v) is 7.35. The van der Waals surface area contributed by atoms with Crippen molar-refractivity contribution in [3.05, 3.63) is 21.4 Å². The van der Waals surface area contributed by atoms with Gasteiger partial charge in [0.2, 0.25) is 0 Å². The smallest absolute Gasteiger partial charge is 0.141 e. The third-order valence-corrected chi connectivity index (χ3v) is 4.90. The SMILES string of the molecule is CCc1nc(Cl)c2c3c(sc2n1)C[C@@H](C)CC3. The third kappa shape index (κ3) is 1.85. The van der Waals surface area contributed by atoms with Crippen LogP contribution in [0.5, 0.6) is 0 Å². The van der Waals surface area contributed by atoms with Crippen LogP contribution in [0.2, 0.25) is 5.15 Å². The molecule has 1 aliphatic carbocycles. The highest BCUT2D eigenvalue weighted by atomic mass is 35.5. The van der Waals surface area contributed by atoms with E-state index in [4.69, 9.17) is 11.6 Å². The minimum absolute atomic E-state index is 0.652. The lowest BCUT2D eigenvalue weighted by Gasteiger charge is -2.17. The molecule has 0 saturated heterocycles. The summed E-state index contributed by atoms with van der Waals surface area (Å²) >= 11 is 8.12. The van der Waals surface area contributed by atoms with Crippen LogP contribution in [0.25, 0.3) is 10.2 Å². The highest BCUT2D eigenvalue weighted by Crippen LogP contribution is 2.39. The monoisotopic (exact) mass is 266 g/mol. The molecule has 0 amide bonds. The normalized spacial score (nSPS) is 19.6. The molecule has 0 aliphatic heterocycles. The van der Waals surface area contributed by atoms with Crippen molar-refractivity contribution in [2.24, 2.45) is 5.92 Å². The van der Waals surface area contributed by atoms with Gasteiger partial charge < -0.3 is 0 Å². The van der Waals surface area contributed by atoms with Gasteiger partial charge in [-0.05, 0) is 30.7 Å². The van der Waals surface area contributed by atoms with Crippen LogP contribution < -0.4 is 0 Å². The van der Waals surface area contributed by atoms with E-state index in [1.54, 1.807) is 0 Å². The summed E-state index contributed by atoms with van der Waals surface area (Å²) < 4.78 is 0. The standard InChI is InChI=1S/C13H15ClN2S/c1-3-10-15-12(14)11-8-5-4-7(2)6-9(8)17-13(11)16-10/h7H,3-6H2,1-2H3/t7-/m0/s1. The van der Waals surface area contributed by atoms with E-state index in [0.29, 0.717) is 5.15 Å². The molecule has 0 aromatic carbocycles. The quantitative estimate of drug-likeness (QED) is 0.729. The number of aryl methyl sites for hydroxylation is 2. The maximum atomic E-state index is 6.31. The minimum Gasteiger partial charge on any atom is -0.222 e. The van der Waals surface area contributed by atoms with Gasteiger partial charge in [0.15, 0.2) is 0 Å². The van der Waals surface area contributed by atoms with Crippen LogP contribution in [0.4, 0.5) is 0 Å².